The molecule has 0 aliphatic carbocycles. The molecule has 2 aromatic rings. The SMILES string of the molecule is Cn1cc(-c2cccc(C(=O)O)n2)cn1. The molecule has 1 N–H and O–H groups in total. The lowest BCUT2D eigenvalue weighted by Gasteiger charge is -1.97. The molecule has 0 aliphatic heterocycles. The van der Waals surface area contributed by atoms with Crippen molar-refractivity contribution in [2.45, 2.75) is 0 Å². The molecule has 15 heavy (non-hydrogen) atoms. The summed E-state index contributed by atoms with van der Waals surface area (Å²) in [5.74, 6) is -1.03. The van der Waals surface area contributed by atoms with Gasteiger partial charge in [-0.1, -0.05) is 6.07 Å². The van der Waals surface area contributed by atoms with E-state index >= 15 is 0 Å². The Morgan fingerprint density at radius 2 is 2.27 bits per heavy atom. The lowest BCUT2D eigenvalue weighted by Crippen LogP contribution is -2.00. The van der Waals surface area contributed by atoms with Crippen molar-refractivity contribution in [1.82, 2.24) is 14.8 Å². The van der Waals surface area contributed by atoms with Crippen LogP contribution in [0.1, 0.15) is 10.5 Å². The Morgan fingerprint density at radius 1 is 1.47 bits per heavy atom. The minimum absolute atomic E-state index is 0.0383. The minimum atomic E-state index is -1.03. The van der Waals surface area contributed by atoms with Crippen LogP contribution in [0.3, 0.4) is 0 Å². The van der Waals surface area contributed by atoms with Crippen molar-refractivity contribution in [1.29, 1.82) is 0 Å². The van der Waals surface area contributed by atoms with Gasteiger partial charge in [-0.05, 0) is 12.1 Å². The highest BCUT2D eigenvalue weighted by Gasteiger charge is 2.07. The van der Waals surface area contributed by atoms with E-state index in [0.29, 0.717) is 5.69 Å². The number of aromatic carboxylic acids is 1. The molecule has 2 heterocycles. The first-order valence-corrected chi connectivity index (χ1v) is 4.36. The topological polar surface area (TPSA) is 68.0 Å². The average molecular weight is 203 g/mol. The van der Waals surface area contributed by atoms with Gasteiger partial charge in [-0.3, -0.25) is 4.68 Å². The van der Waals surface area contributed by atoms with Crippen molar-refractivity contribution in [3.05, 3.63) is 36.3 Å². The predicted molar refractivity (Wildman–Crippen MR) is 53.4 cm³/mol. The Bertz CT molecular complexity index is 505. The molecular formula is C10H9N3O2. The van der Waals surface area contributed by atoms with E-state index in [1.54, 1.807) is 36.3 Å². The number of carbonyl (C=O) groups is 1. The van der Waals surface area contributed by atoms with Crippen LogP contribution in [0.5, 0.6) is 0 Å². The van der Waals surface area contributed by atoms with E-state index in [0.717, 1.165) is 5.56 Å². The molecule has 0 saturated carbocycles. The molecule has 0 bridgehead atoms. The van der Waals surface area contributed by atoms with Gasteiger partial charge in [-0.15, -0.1) is 0 Å². The number of rotatable bonds is 2. The Balaban J connectivity index is 2.45. The van der Waals surface area contributed by atoms with Gasteiger partial charge >= 0.3 is 5.97 Å². The van der Waals surface area contributed by atoms with Crippen LogP contribution in [0, 0.1) is 0 Å². The molecule has 2 rings (SSSR count). The highest BCUT2D eigenvalue weighted by atomic mass is 16.4. The molecule has 0 aliphatic rings. The van der Waals surface area contributed by atoms with Crippen molar-refractivity contribution in [2.75, 3.05) is 0 Å². The first-order chi connectivity index (χ1) is 7.16. The van der Waals surface area contributed by atoms with E-state index in [-0.39, 0.29) is 5.69 Å². The second kappa shape index (κ2) is 3.53. The van der Waals surface area contributed by atoms with Crippen molar-refractivity contribution in [3.63, 3.8) is 0 Å². The Morgan fingerprint density at radius 3 is 2.87 bits per heavy atom. The smallest absolute Gasteiger partial charge is 0.354 e. The molecular weight excluding hydrogens is 194 g/mol. The molecule has 5 nitrogen and oxygen atoms in total. The predicted octanol–water partition coefficient (Wildman–Crippen LogP) is 1.18. The van der Waals surface area contributed by atoms with Crippen LogP contribution < -0.4 is 0 Å². The number of hydrogen-bond acceptors (Lipinski definition) is 3. The lowest BCUT2D eigenvalue weighted by atomic mass is 10.2. The fraction of sp³-hybridized carbons (Fsp3) is 0.100. The number of aryl methyl sites for hydroxylation is 1. The summed E-state index contributed by atoms with van der Waals surface area (Å²) in [6.07, 6.45) is 3.43. The molecule has 2 aromatic heterocycles. The fourth-order valence-corrected chi connectivity index (χ4v) is 1.27. The number of carboxylic acid groups (broad SMARTS) is 1. The van der Waals surface area contributed by atoms with Gasteiger partial charge in [0.25, 0.3) is 0 Å². The summed E-state index contributed by atoms with van der Waals surface area (Å²) in [6.45, 7) is 0. The summed E-state index contributed by atoms with van der Waals surface area (Å²) in [4.78, 5) is 14.7. The van der Waals surface area contributed by atoms with Crippen LogP contribution >= 0.6 is 0 Å². The van der Waals surface area contributed by atoms with Gasteiger partial charge < -0.3 is 5.11 Å². The van der Waals surface area contributed by atoms with Gasteiger partial charge in [0, 0.05) is 18.8 Å². The van der Waals surface area contributed by atoms with E-state index < -0.39 is 5.97 Å². The van der Waals surface area contributed by atoms with Gasteiger partial charge in [0.1, 0.15) is 5.69 Å². The molecule has 0 fully saturated rings. The van der Waals surface area contributed by atoms with Crippen LogP contribution in [0.15, 0.2) is 30.6 Å². The van der Waals surface area contributed by atoms with Crippen molar-refractivity contribution < 1.29 is 9.90 Å². The van der Waals surface area contributed by atoms with Gasteiger partial charge in [-0.25, -0.2) is 9.78 Å². The fourth-order valence-electron chi connectivity index (χ4n) is 1.27. The first kappa shape index (κ1) is 9.39. The summed E-state index contributed by atoms with van der Waals surface area (Å²) in [6, 6.07) is 4.88. The number of nitrogens with zero attached hydrogens (tertiary/aromatic N) is 3. The number of carboxylic acids is 1. The minimum Gasteiger partial charge on any atom is -0.477 e. The average Bonchev–Trinajstić information content (AvgIpc) is 2.65. The largest absolute Gasteiger partial charge is 0.477 e. The zero-order valence-corrected chi connectivity index (χ0v) is 8.08. The van der Waals surface area contributed by atoms with Gasteiger partial charge in [0.15, 0.2) is 0 Å². The van der Waals surface area contributed by atoms with Crippen molar-refractivity contribution in [3.8, 4) is 11.3 Å². The molecule has 0 radical (unpaired) electrons. The molecule has 0 spiro atoms. The van der Waals surface area contributed by atoms with E-state index in [2.05, 4.69) is 10.1 Å². The zero-order valence-electron chi connectivity index (χ0n) is 8.08. The normalized spacial score (nSPS) is 10.2. The van der Waals surface area contributed by atoms with Crippen LogP contribution in [0.2, 0.25) is 0 Å². The van der Waals surface area contributed by atoms with Gasteiger partial charge in [0.05, 0.1) is 11.9 Å². The van der Waals surface area contributed by atoms with Crippen LogP contribution in [-0.2, 0) is 7.05 Å². The summed E-state index contributed by atoms with van der Waals surface area (Å²) >= 11 is 0. The summed E-state index contributed by atoms with van der Waals surface area (Å²) in [5, 5.41) is 12.8. The summed E-state index contributed by atoms with van der Waals surface area (Å²) in [5.41, 5.74) is 1.46. The molecule has 76 valence electrons. The number of aromatic nitrogens is 3. The first-order valence-electron chi connectivity index (χ1n) is 4.36. The van der Waals surface area contributed by atoms with E-state index in [9.17, 15) is 4.79 Å². The van der Waals surface area contributed by atoms with Crippen LogP contribution in [-0.4, -0.2) is 25.8 Å². The molecule has 0 unspecified atom stereocenters. The Hall–Kier alpha value is -2.17. The zero-order chi connectivity index (χ0) is 10.8. The second-order valence-corrected chi connectivity index (χ2v) is 3.12. The quantitative estimate of drug-likeness (QED) is 0.795. The lowest BCUT2D eigenvalue weighted by molar-refractivity contribution is 0.0690. The maximum absolute atomic E-state index is 10.7. The van der Waals surface area contributed by atoms with E-state index in [1.165, 1.54) is 6.07 Å². The Kier molecular flexibility index (Phi) is 2.21. The number of pyridine rings is 1. The molecule has 0 amide bonds. The third kappa shape index (κ3) is 1.85. The van der Waals surface area contributed by atoms with Crippen molar-refractivity contribution in [2.24, 2.45) is 7.05 Å². The standard InChI is InChI=1S/C10H9N3O2/c1-13-6-7(5-11-13)8-3-2-4-9(12-8)10(14)15/h2-6H,1H3,(H,14,15). The highest BCUT2D eigenvalue weighted by Crippen LogP contribution is 2.15. The van der Waals surface area contributed by atoms with E-state index in [1.807, 2.05) is 0 Å². The second-order valence-electron chi connectivity index (χ2n) is 3.12. The molecule has 0 aromatic carbocycles. The van der Waals surface area contributed by atoms with E-state index in [4.69, 9.17) is 5.11 Å². The molecule has 5 heteroatoms. The summed E-state index contributed by atoms with van der Waals surface area (Å²) in [7, 11) is 1.80. The molecule has 0 atom stereocenters. The Labute approximate surface area is 86.0 Å². The monoisotopic (exact) mass is 203 g/mol. The van der Waals surface area contributed by atoms with Crippen LogP contribution in [0.4, 0.5) is 0 Å². The van der Waals surface area contributed by atoms with Gasteiger partial charge in [-0.2, -0.15) is 5.10 Å². The van der Waals surface area contributed by atoms with Crippen LogP contribution in [0.25, 0.3) is 11.3 Å². The maximum Gasteiger partial charge on any atom is 0.354 e. The summed E-state index contributed by atoms with van der Waals surface area (Å²) < 4.78 is 1.64. The number of hydrogen-bond donors (Lipinski definition) is 1. The van der Waals surface area contributed by atoms with Gasteiger partial charge in [0.2, 0.25) is 0 Å². The third-order valence-electron chi connectivity index (χ3n) is 1.97. The molecule has 0 saturated heterocycles. The van der Waals surface area contributed by atoms with Crippen molar-refractivity contribution >= 4 is 5.97 Å². The third-order valence-corrected chi connectivity index (χ3v) is 1.97. The maximum atomic E-state index is 10.7. The highest BCUT2D eigenvalue weighted by molar-refractivity contribution is 5.86.